The average Bonchev–Trinajstić information content (AvgIpc) is 2.63. The lowest BCUT2D eigenvalue weighted by Gasteiger charge is -2.16. The Morgan fingerprint density at radius 3 is 2.44 bits per heavy atom. The second-order valence-electron chi connectivity index (χ2n) is 5.55. The monoisotopic (exact) mass is 393 g/mol. The van der Waals surface area contributed by atoms with Gasteiger partial charge in [-0.2, -0.15) is 5.26 Å². The van der Waals surface area contributed by atoms with Crippen molar-refractivity contribution in [2.45, 2.75) is 6.92 Å². The first kappa shape index (κ1) is 17.0. The number of hydrogen-bond donors (Lipinski definition) is 1. The number of methoxy groups -OCH3 is 1. The molecule has 0 saturated carbocycles. The molecule has 0 unspecified atom stereocenters. The molecule has 5 heteroatoms. The van der Waals surface area contributed by atoms with Crippen molar-refractivity contribution >= 4 is 21.7 Å². The molecule has 1 aromatic heterocycles. The summed E-state index contributed by atoms with van der Waals surface area (Å²) in [4.78, 5) is 4.47. The highest BCUT2D eigenvalue weighted by molar-refractivity contribution is 9.10. The largest absolute Gasteiger partial charge is 0.496 e. The van der Waals surface area contributed by atoms with Crippen molar-refractivity contribution in [3.8, 4) is 34.2 Å². The third-order valence-corrected chi connectivity index (χ3v) is 4.69. The van der Waals surface area contributed by atoms with E-state index in [0.29, 0.717) is 5.56 Å². The zero-order chi connectivity index (χ0) is 18.0. The summed E-state index contributed by atoms with van der Waals surface area (Å²) < 4.78 is 6.10. The Hall–Kier alpha value is -2.84. The van der Waals surface area contributed by atoms with Crippen molar-refractivity contribution in [1.29, 1.82) is 5.26 Å². The summed E-state index contributed by atoms with van der Waals surface area (Å²) in [6.07, 6.45) is 0. The van der Waals surface area contributed by atoms with Crippen LogP contribution in [0.1, 0.15) is 11.1 Å². The maximum atomic E-state index is 9.61. The third-order valence-electron chi connectivity index (χ3n) is 4.07. The molecular weight excluding hydrogens is 378 g/mol. The minimum absolute atomic E-state index is 0.230. The van der Waals surface area contributed by atoms with Gasteiger partial charge < -0.3 is 10.5 Å². The highest BCUT2D eigenvalue weighted by atomic mass is 79.9. The van der Waals surface area contributed by atoms with E-state index >= 15 is 0 Å². The number of halogens is 1. The Morgan fingerprint density at radius 1 is 1.12 bits per heavy atom. The van der Waals surface area contributed by atoms with Gasteiger partial charge in [0.2, 0.25) is 0 Å². The maximum absolute atomic E-state index is 9.61. The van der Waals surface area contributed by atoms with Crippen LogP contribution in [0.25, 0.3) is 22.4 Å². The van der Waals surface area contributed by atoms with E-state index in [0.717, 1.165) is 38.2 Å². The molecular formula is C20H16BrN3O. The number of nitrogen functional groups attached to an aromatic ring is 1. The van der Waals surface area contributed by atoms with Crippen molar-refractivity contribution in [2.24, 2.45) is 0 Å². The quantitative estimate of drug-likeness (QED) is 0.682. The molecule has 0 spiro atoms. The summed E-state index contributed by atoms with van der Waals surface area (Å²) in [5.74, 6) is 0.958. The highest BCUT2D eigenvalue weighted by Crippen LogP contribution is 2.38. The number of benzene rings is 2. The molecule has 3 rings (SSSR count). The Labute approximate surface area is 155 Å². The van der Waals surface area contributed by atoms with Gasteiger partial charge in [0, 0.05) is 11.1 Å². The molecule has 124 valence electrons. The molecule has 0 aliphatic heterocycles. The van der Waals surface area contributed by atoms with Crippen LogP contribution in [0.2, 0.25) is 0 Å². The van der Waals surface area contributed by atoms with Crippen LogP contribution in [0, 0.1) is 18.3 Å². The van der Waals surface area contributed by atoms with Crippen LogP contribution in [-0.2, 0) is 0 Å². The number of nitriles is 1. The average molecular weight is 394 g/mol. The Kier molecular flexibility index (Phi) is 4.73. The van der Waals surface area contributed by atoms with Gasteiger partial charge in [-0.3, -0.25) is 0 Å². The molecule has 0 aliphatic carbocycles. The normalized spacial score (nSPS) is 10.3. The molecule has 0 amide bonds. The predicted octanol–water partition coefficient (Wildman–Crippen LogP) is 4.95. The van der Waals surface area contributed by atoms with Gasteiger partial charge >= 0.3 is 0 Å². The summed E-state index contributed by atoms with van der Waals surface area (Å²) in [6, 6.07) is 17.7. The van der Waals surface area contributed by atoms with Gasteiger partial charge in [0.05, 0.1) is 17.3 Å². The second kappa shape index (κ2) is 6.96. The minimum atomic E-state index is 0.230. The molecule has 0 bridgehead atoms. The molecule has 25 heavy (non-hydrogen) atoms. The molecule has 0 aliphatic rings. The van der Waals surface area contributed by atoms with Gasteiger partial charge in [0.25, 0.3) is 0 Å². The Morgan fingerprint density at radius 2 is 1.84 bits per heavy atom. The molecule has 0 radical (unpaired) electrons. The molecule has 0 fully saturated rings. The smallest absolute Gasteiger partial charge is 0.142 e. The van der Waals surface area contributed by atoms with Crippen molar-refractivity contribution in [1.82, 2.24) is 4.98 Å². The zero-order valence-corrected chi connectivity index (χ0v) is 15.5. The van der Waals surface area contributed by atoms with Gasteiger partial charge in [0.15, 0.2) is 0 Å². The van der Waals surface area contributed by atoms with Crippen LogP contribution in [0.15, 0.2) is 53.0 Å². The third kappa shape index (κ3) is 3.09. The van der Waals surface area contributed by atoms with E-state index in [1.807, 2.05) is 55.5 Å². The van der Waals surface area contributed by atoms with Gasteiger partial charge in [-0.25, -0.2) is 4.98 Å². The van der Waals surface area contributed by atoms with E-state index in [4.69, 9.17) is 10.5 Å². The molecule has 2 N–H and O–H groups in total. The zero-order valence-electron chi connectivity index (χ0n) is 13.9. The van der Waals surface area contributed by atoms with E-state index in [1.165, 1.54) is 0 Å². The Bertz CT molecular complexity index is 978. The Balaban J connectivity index is 2.30. The van der Waals surface area contributed by atoms with Crippen LogP contribution in [-0.4, -0.2) is 12.1 Å². The van der Waals surface area contributed by atoms with Crippen LogP contribution >= 0.6 is 15.9 Å². The second-order valence-corrected chi connectivity index (χ2v) is 6.40. The predicted molar refractivity (Wildman–Crippen MR) is 103 cm³/mol. The number of aromatic nitrogens is 1. The standard InChI is InChI=1S/C20H16BrN3O/c1-12-18(14-8-9-17(25-2)16(21)10-14)15(11-22)20(23)24-19(12)13-6-4-3-5-7-13/h3-10H,1-2H3,(H2,23,24). The molecule has 1 heterocycles. The molecule has 2 aromatic carbocycles. The number of rotatable bonds is 3. The van der Waals surface area contributed by atoms with E-state index in [1.54, 1.807) is 7.11 Å². The molecule has 3 aromatic rings. The fraction of sp³-hybridized carbons (Fsp3) is 0.100. The number of pyridine rings is 1. The fourth-order valence-electron chi connectivity index (χ4n) is 2.87. The van der Waals surface area contributed by atoms with Crippen molar-refractivity contribution < 1.29 is 4.74 Å². The SMILES string of the molecule is COc1ccc(-c2c(C)c(-c3ccccc3)nc(N)c2C#N)cc1Br. The fourth-order valence-corrected chi connectivity index (χ4v) is 3.41. The van der Waals surface area contributed by atoms with Gasteiger partial charge in [-0.1, -0.05) is 36.4 Å². The van der Waals surface area contributed by atoms with Crippen LogP contribution in [0.4, 0.5) is 5.82 Å². The van der Waals surface area contributed by atoms with Crippen molar-refractivity contribution in [2.75, 3.05) is 12.8 Å². The van der Waals surface area contributed by atoms with E-state index in [2.05, 4.69) is 27.0 Å². The lowest BCUT2D eigenvalue weighted by molar-refractivity contribution is 0.412. The topological polar surface area (TPSA) is 71.9 Å². The van der Waals surface area contributed by atoms with E-state index < -0.39 is 0 Å². The summed E-state index contributed by atoms with van der Waals surface area (Å²) >= 11 is 3.50. The lowest BCUT2D eigenvalue weighted by Crippen LogP contribution is -2.03. The summed E-state index contributed by atoms with van der Waals surface area (Å²) in [6.45, 7) is 1.96. The van der Waals surface area contributed by atoms with Crippen LogP contribution < -0.4 is 10.5 Å². The molecule has 4 nitrogen and oxygen atoms in total. The van der Waals surface area contributed by atoms with E-state index in [9.17, 15) is 5.26 Å². The summed E-state index contributed by atoms with van der Waals surface area (Å²) in [7, 11) is 1.61. The highest BCUT2D eigenvalue weighted by Gasteiger charge is 2.19. The first-order valence-corrected chi connectivity index (χ1v) is 8.45. The number of ether oxygens (including phenoxy) is 1. The first-order chi connectivity index (χ1) is 12.1. The van der Waals surface area contributed by atoms with Gasteiger partial charge in [-0.15, -0.1) is 0 Å². The van der Waals surface area contributed by atoms with Crippen LogP contribution in [0.3, 0.4) is 0 Å². The van der Waals surface area contributed by atoms with Gasteiger partial charge in [0.1, 0.15) is 23.2 Å². The summed E-state index contributed by atoms with van der Waals surface area (Å²) in [5, 5.41) is 9.61. The number of anilines is 1. The minimum Gasteiger partial charge on any atom is -0.496 e. The van der Waals surface area contributed by atoms with E-state index in [-0.39, 0.29) is 5.82 Å². The summed E-state index contributed by atoms with van der Waals surface area (Å²) in [5.41, 5.74) is 10.8. The number of nitrogens with zero attached hydrogens (tertiary/aromatic N) is 2. The van der Waals surface area contributed by atoms with Crippen LogP contribution in [0.5, 0.6) is 5.75 Å². The molecule has 0 atom stereocenters. The maximum Gasteiger partial charge on any atom is 0.142 e. The lowest BCUT2D eigenvalue weighted by atomic mass is 9.93. The first-order valence-electron chi connectivity index (χ1n) is 7.66. The van der Waals surface area contributed by atoms with Crippen molar-refractivity contribution in [3.63, 3.8) is 0 Å². The van der Waals surface area contributed by atoms with Crippen molar-refractivity contribution in [3.05, 3.63) is 64.1 Å². The molecule has 0 saturated heterocycles. The number of hydrogen-bond acceptors (Lipinski definition) is 4. The number of nitrogens with two attached hydrogens (primary N) is 1. The van der Waals surface area contributed by atoms with Gasteiger partial charge in [-0.05, 0) is 46.1 Å².